The molecule has 0 aliphatic rings. The van der Waals surface area contributed by atoms with Crippen molar-refractivity contribution >= 4 is 11.6 Å². The van der Waals surface area contributed by atoms with Crippen LogP contribution in [0, 0.1) is 6.92 Å². The van der Waals surface area contributed by atoms with Crippen molar-refractivity contribution in [2.75, 3.05) is 0 Å². The number of aromatic nitrogens is 4. The number of halogens is 1. The van der Waals surface area contributed by atoms with Crippen molar-refractivity contribution in [3.05, 3.63) is 50.0 Å². The molecule has 0 saturated heterocycles. The van der Waals surface area contributed by atoms with E-state index in [1.165, 1.54) is 6.07 Å². The van der Waals surface area contributed by atoms with E-state index >= 15 is 0 Å². The van der Waals surface area contributed by atoms with Gasteiger partial charge in [-0.1, -0.05) is 11.6 Å². The van der Waals surface area contributed by atoms with Crippen LogP contribution in [0.1, 0.15) is 5.56 Å². The van der Waals surface area contributed by atoms with Gasteiger partial charge in [-0.05, 0) is 12.5 Å². The van der Waals surface area contributed by atoms with Gasteiger partial charge in [0.2, 0.25) is 0 Å². The Kier molecular flexibility index (Phi) is 3.14. The van der Waals surface area contributed by atoms with Crippen LogP contribution in [-0.4, -0.2) is 19.3 Å². The molecule has 0 atom stereocenters. The molecule has 0 spiro atoms. The second-order valence-electron chi connectivity index (χ2n) is 3.69. The molecule has 2 aromatic rings. The number of aryl methyl sites for hydroxylation is 2. The van der Waals surface area contributed by atoms with Gasteiger partial charge in [0.05, 0.1) is 19.3 Å². The number of nitrogens with zero attached hydrogens (tertiary/aromatic N) is 3. The molecule has 90 valence electrons. The molecule has 0 radical (unpaired) electrons. The topological polar surface area (TPSA) is 72.7 Å². The predicted octanol–water partition coefficient (Wildman–Crippen LogP) is 0.395. The van der Waals surface area contributed by atoms with Crippen molar-refractivity contribution in [3.8, 4) is 0 Å². The highest BCUT2D eigenvalue weighted by molar-refractivity contribution is 6.29. The average Bonchev–Trinajstić information content (AvgIpc) is 2.62. The van der Waals surface area contributed by atoms with Gasteiger partial charge in [-0.15, -0.1) is 0 Å². The van der Waals surface area contributed by atoms with Crippen LogP contribution in [0.4, 0.5) is 0 Å². The third kappa shape index (κ3) is 2.65. The summed E-state index contributed by atoms with van der Waals surface area (Å²) in [6.07, 6.45) is 3.56. The van der Waals surface area contributed by atoms with Crippen molar-refractivity contribution in [2.45, 2.75) is 20.0 Å². The quantitative estimate of drug-likeness (QED) is 0.806. The van der Waals surface area contributed by atoms with Crippen LogP contribution in [0.2, 0.25) is 5.15 Å². The van der Waals surface area contributed by atoms with Crippen LogP contribution in [-0.2, 0) is 13.1 Å². The molecule has 17 heavy (non-hydrogen) atoms. The van der Waals surface area contributed by atoms with Gasteiger partial charge in [0, 0.05) is 12.3 Å². The molecule has 7 heteroatoms. The molecule has 0 aromatic carbocycles. The molecule has 1 N–H and O–H groups in total. The summed E-state index contributed by atoms with van der Waals surface area (Å²) in [5.41, 5.74) is 0.108. The molecule has 0 aliphatic heterocycles. The highest BCUT2D eigenvalue weighted by Crippen LogP contribution is 1.96. The first-order valence-electron chi connectivity index (χ1n) is 5.05. The maximum atomic E-state index is 11.5. The Morgan fingerprint density at radius 1 is 1.41 bits per heavy atom. The SMILES string of the molecule is Cc1cnn(CCn2c(=O)cc(Cl)[nH]c2=O)c1. The van der Waals surface area contributed by atoms with Gasteiger partial charge >= 0.3 is 5.69 Å². The van der Waals surface area contributed by atoms with Crippen molar-refractivity contribution in [1.82, 2.24) is 19.3 Å². The molecule has 2 aromatic heterocycles. The van der Waals surface area contributed by atoms with E-state index in [2.05, 4.69) is 10.1 Å². The number of hydrogen-bond donors (Lipinski definition) is 1. The molecule has 6 nitrogen and oxygen atoms in total. The van der Waals surface area contributed by atoms with E-state index in [0.717, 1.165) is 10.1 Å². The lowest BCUT2D eigenvalue weighted by molar-refractivity contribution is 0.508. The third-order valence-electron chi connectivity index (χ3n) is 2.30. The summed E-state index contributed by atoms with van der Waals surface area (Å²) < 4.78 is 2.76. The Morgan fingerprint density at radius 3 is 2.76 bits per heavy atom. The van der Waals surface area contributed by atoms with Crippen LogP contribution in [0.5, 0.6) is 0 Å². The molecule has 0 aliphatic carbocycles. The first kappa shape index (κ1) is 11.7. The molecule has 0 fully saturated rings. The van der Waals surface area contributed by atoms with Gasteiger partial charge in [0.1, 0.15) is 5.15 Å². The summed E-state index contributed by atoms with van der Waals surface area (Å²) in [6, 6.07) is 1.18. The van der Waals surface area contributed by atoms with E-state index in [9.17, 15) is 9.59 Å². The fraction of sp³-hybridized carbons (Fsp3) is 0.300. The van der Waals surface area contributed by atoms with E-state index in [1.807, 2.05) is 13.1 Å². The van der Waals surface area contributed by atoms with Gasteiger partial charge in [-0.25, -0.2) is 4.79 Å². The first-order valence-corrected chi connectivity index (χ1v) is 5.43. The number of nitrogens with one attached hydrogen (secondary N) is 1. The summed E-state index contributed by atoms with van der Waals surface area (Å²) >= 11 is 5.56. The number of hydrogen-bond acceptors (Lipinski definition) is 3. The maximum absolute atomic E-state index is 11.5. The van der Waals surface area contributed by atoms with Gasteiger partial charge in [0.25, 0.3) is 5.56 Å². The molecule has 0 bridgehead atoms. The molecular weight excluding hydrogens is 244 g/mol. The predicted molar refractivity (Wildman–Crippen MR) is 63.3 cm³/mol. The molecule has 0 unspecified atom stereocenters. The van der Waals surface area contributed by atoms with Crippen LogP contribution < -0.4 is 11.2 Å². The highest BCUT2D eigenvalue weighted by Gasteiger charge is 2.03. The van der Waals surface area contributed by atoms with Gasteiger partial charge in [-0.2, -0.15) is 5.10 Å². The summed E-state index contributed by atoms with van der Waals surface area (Å²) in [5.74, 6) is 0. The van der Waals surface area contributed by atoms with E-state index in [1.54, 1.807) is 10.9 Å². The number of aromatic amines is 1. The average molecular weight is 255 g/mol. The van der Waals surface area contributed by atoms with Crippen molar-refractivity contribution in [2.24, 2.45) is 0 Å². The molecule has 2 heterocycles. The standard InChI is InChI=1S/C10H11ClN4O2/c1-7-5-12-14(6-7)2-3-15-9(16)4-8(11)13-10(15)17/h4-6H,2-3H2,1H3,(H,13,17). The van der Waals surface area contributed by atoms with Gasteiger partial charge < -0.3 is 0 Å². The lowest BCUT2D eigenvalue weighted by Gasteiger charge is -2.04. The lowest BCUT2D eigenvalue weighted by Crippen LogP contribution is -2.35. The van der Waals surface area contributed by atoms with Crippen molar-refractivity contribution in [3.63, 3.8) is 0 Å². The third-order valence-corrected chi connectivity index (χ3v) is 2.51. The molecule has 2 rings (SSSR count). The smallest absolute Gasteiger partial charge is 0.298 e. The van der Waals surface area contributed by atoms with E-state index < -0.39 is 11.2 Å². The van der Waals surface area contributed by atoms with E-state index in [0.29, 0.717) is 6.54 Å². The summed E-state index contributed by atoms with van der Waals surface area (Å²) in [7, 11) is 0. The zero-order valence-corrected chi connectivity index (χ0v) is 9.94. The number of H-pyrrole nitrogens is 1. The molecular formula is C10H11ClN4O2. The first-order chi connectivity index (χ1) is 8.06. The van der Waals surface area contributed by atoms with E-state index in [-0.39, 0.29) is 11.7 Å². The second kappa shape index (κ2) is 4.58. The largest absolute Gasteiger partial charge is 0.329 e. The number of rotatable bonds is 3. The minimum Gasteiger partial charge on any atom is -0.298 e. The minimum atomic E-state index is -0.508. The van der Waals surface area contributed by atoms with Gasteiger partial charge in [-0.3, -0.25) is 19.0 Å². The zero-order chi connectivity index (χ0) is 12.4. The second-order valence-corrected chi connectivity index (χ2v) is 4.10. The fourth-order valence-corrected chi connectivity index (χ4v) is 1.67. The Morgan fingerprint density at radius 2 is 2.18 bits per heavy atom. The lowest BCUT2D eigenvalue weighted by atomic mass is 10.4. The summed E-state index contributed by atoms with van der Waals surface area (Å²) in [6.45, 7) is 2.63. The monoisotopic (exact) mass is 254 g/mol. The Bertz CT molecular complexity index is 609. The van der Waals surface area contributed by atoms with Crippen molar-refractivity contribution in [1.29, 1.82) is 0 Å². The van der Waals surface area contributed by atoms with Gasteiger partial charge in [0.15, 0.2) is 0 Å². The molecule has 0 amide bonds. The van der Waals surface area contributed by atoms with Crippen LogP contribution in [0.25, 0.3) is 0 Å². The zero-order valence-electron chi connectivity index (χ0n) is 9.18. The Balaban J connectivity index is 2.20. The highest BCUT2D eigenvalue weighted by atomic mass is 35.5. The van der Waals surface area contributed by atoms with Crippen molar-refractivity contribution < 1.29 is 0 Å². The van der Waals surface area contributed by atoms with Crippen LogP contribution >= 0.6 is 11.6 Å². The summed E-state index contributed by atoms with van der Waals surface area (Å²) in [4.78, 5) is 25.4. The van der Waals surface area contributed by atoms with Crippen LogP contribution in [0.3, 0.4) is 0 Å². The fourth-order valence-electron chi connectivity index (χ4n) is 1.50. The Hall–Kier alpha value is -1.82. The van der Waals surface area contributed by atoms with Crippen LogP contribution in [0.15, 0.2) is 28.0 Å². The Labute approximate surface area is 101 Å². The maximum Gasteiger partial charge on any atom is 0.329 e. The summed E-state index contributed by atoms with van der Waals surface area (Å²) in [5, 5.41) is 4.12. The van der Waals surface area contributed by atoms with E-state index in [4.69, 9.17) is 11.6 Å². The minimum absolute atomic E-state index is 0.0474. The normalized spacial score (nSPS) is 10.7. The molecule has 0 saturated carbocycles.